The van der Waals surface area contributed by atoms with Gasteiger partial charge in [0.1, 0.15) is 6.04 Å². The van der Waals surface area contributed by atoms with E-state index in [4.69, 9.17) is 4.74 Å². The summed E-state index contributed by atoms with van der Waals surface area (Å²) < 4.78 is 4.72. The summed E-state index contributed by atoms with van der Waals surface area (Å²) in [4.78, 5) is 29.2. The highest BCUT2D eigenvalue weighted by Crippen LogP contribution is 2.12. The molecule has 1 aromatic heterocycles. The van der Waals surface area contributed by atoms with Crippen molar-refractivity contribution in [3.05, 3.63) is 22.6 Å². The number of carbonyl (C=O) groups is 1. The number of thioether (sulfide) groups is 1. The number of aromatic nitrogens is 2. The van der Waals surface area contributed by atoms with E-state index in [1.807, 2.05) is 13.8 Å². The van der Waals surface area contributed by atoms with Crippen LogP contribution in [0.2, 0.25) is 0 Å². The molecule has 0 saturated carbocycles. The van der Waals surface area contributed by atoms with Crippen LogP contribution in [0.5, 0.6) is 0 Å². The van der Waals surface area contributed by atoms with Gasteiger partial charge in [-0.3, -0.25) is 9.59 Å². The predicted molar refractivity (Wildman–Crippen MR) is 69.7 cm³/mol. The summed E-state index contributed by atoms with van der Waals surface area (Å²) in [5.41, 5.74) is -0.209. The van der Waals surface area contributed by atoms with Crippen molar-refractivity contribution >= 4 is 17.7 Å². The van der Waals surface area contributed by atoms with Crippen LogP contribution in [-0.4, -0.2) is 40.9 Å². The van der Waals surface area contributed by atoms with Gasteiger partial charge >= 0.3 is 5.97 Å². The molecule has 1 atom stereocenters. The van der Waals surface area contributed by atoms with Gasteiger partial charge < -0.3 is 15.0 Å². The van der Waals surface area contributed by atoms with Crippen LogP contribution in [0, 0.1) is 0 Å². The quantitative estimate of drug-likeness (QED) is 0.443. The molecule has 0 aliphatic carbocycles. The number of rotatable bonds is 6. The van der Waals surface area contributed by atoms with Crippen LogP contribution in [0.4, 0.5) is 0 Å². The zero-order valence-corrected chi connectivity index (χ0v) is 11.4. The Morgan fingerprint density at radius 2 is 2.33 bits per heavy atom. The summed E-state index contributed by atoms with van der Waals surface area (Å²) in [6.45, 7) is 3.90. The number of aromatic amines is 1. The van der Waals surface area contributed by atoms with Gasteiger partial charge in [-0.2, -0.15) is 0 Å². The molecule has 1 unspecified atom stereocenters. The van der Waals surface area contributed by atoms with Crippen molar-refractivity contribution < 1.29 is 9.53 Å². The molecule has 2 N–H and O–H groups in total. The van der Waals surface area contributed by atoms with Crippen LogP contribution in [0.3, 0.4) is 0 Å². The maximum atomic E-state index is 11.5. The number of esters is 1. The van der Waals surface area contributed by atoms with Crippen molar-refractivity contribution in [3.8, 4) is 0 Å². The van der Waals surface area contributed by atoms with E-state index in [0.29, 0.717) is 10.9 Å². The summed E-state index contributed by atoms with van der Waals surface area (Å²) in [6.07, 6.45) is 1.43. The molecule has 0 saturated heterocycles. The molecule has 6 nitrogen and oxygen atoms in total. The van der Waals surface area contributed by atoms with E-state index in [0.717, 1.165) is 0 Å². The summed E-state index contributed by atoms with van der Waals surface area (Å²) in [7, 11) is 1.35. The van der Waals surface area contributed by atoms with E-state index >= 15 is 0 Å². The summed E-state index contributed by atoms with van der Waals surface area (Å²) in [5, 5.41) is 3.59. The van der Waals surface area contributed by atoms with Gasteiger partial charge in [-0.05, 0) is 0 Å². The van der Waals surface area contributed by atoms with Gasteiger partial charge in [0, 0.05) is 24.1 Å². The van der Waals surface area contributed by atoms with Crippen LogP contribution in [-0.2, 0) is 9.53 Å². The number of ether oxygens (including phenoxy) is 1. The molecule has 0 bridgehead atoms. The third-order valence-electron chi connectivity index (χ3n) is 2.05. The Hall–Kier alpha value is -1.34. The normalized spacial score (nSPS) is 12.4. The molecule has 0 aromatic carbocycles. The Morgan fingerprint density at radius 3 is 2.89 bits per heavy atom. The largest absolute Gasteiger partial charge is 0.468 e. The maximum absolute atomic E-state index is 11.5. The summed E-state index contributed by atoms with van der Waals surface area (Å²) >= 11 is 1.30. The minimum atomic E-state index is -0.425. The first kappa shape index (κ1) is 14.7. The fraction of sp³-hybridized carbons (Fsp3) is 0.545. The molecule has 100 valence electrons. The first-order chi connectivity index (χ1) is 8.52. The van der Waals surface area contributed by atoms with Crippen molar-refractivity contribution in [3.63, 3.8) is 0 Å². The second kappa shape index (κ2) is 7.17. The second-order valence-electron chi connectivity index (χ2n) is 3.95. The Balaban J connectivity index is 2.61. The van der Waals surface area contributed by atoms with E-state index in [1.54, 1.807) is 0 Å². The summed E-state index contributed by atoms with van der Waals surface area (Å²) in [6, 6.07) is 1.08. The van der Waals surface area contributed by atoms with Crippen LogP contribution in [0.15, 0.2) is 22.2 Å². The van der Waals surface area contributed by atoms with Gasteiger partial charge in [-0.15, -0.1) is 0 Å². The van der Waals surface area contributed by atoms with Gasteiger partial charge in [0.15, 0.2) is 5.16 Å². The minimum Gasteiger partial charge on any atom is -0.468 e. The number of methoxy groups -OCH3 is 1. The van der Waals surface area contributed by atoms with Crippen molar-refractivity contribution in [2.24, 2.45) is 0 Å². The second-order valence-corrected chi connectivity index (χ2v) is 4.96. The van der Waals surface area contributed by atoms with Crippen LogP contribution < -0.4 is 10.9 Å². The highest BCUT2D eigenvalue weighted by Gasteiger charge is 2.20. The smallest absolute Gasteiger partial charge is 0.323 e. The molecule has 0 amide bonds. The Bertz CT molecular complexity index is 447. The van der Waals surface area contributed by atoms with Gasteiger partial charge in [-0.1, -0.05) is 25.6 Å². The molecular formula is C11H17N3O3S. The van der Waals surface area contributed by atoms with E-state index in [2.05, 4.69) is 15.3 Å². The molecule has 0 aliphatic rings. The lowest BCUT2D eigenvalue weighted by atomic mass is 10.3. The van der Waals surface area contributed by atoms with Crippen LogP contribution in [0.25, 0.3) is 0 Å². The molecule has 18 heavy (non-hydrogen) atoms. The standard InChI is InChI=1S/C11H17N3O3S/c1-7(2)13-8(10(16)17-3)6-18-11-12-5-4-9(15)14-11/h4-5,7-8,13H,6H2,1-3H3,(H,12,14,15). The van der Waals surface area contributed by atoms with E-state index in [9.17, 15) is 9.59 Å². The highest BCUT2D eigenvalue weighted by atomic mass is 32.2. The average Bonchev–Trinajstić information content (AvgIpc) is 2.33. The number of carbonyl (C=O) groups excluding carboxylic acids is 1. The number of nitrogens with zero attached hydrogens (tertiary/aromatic N) is 1. The van der Waals surface area contributed by atoms with Gasteiger partial charge in [-0.25, -0.2) is 4.98 Å². The first-order valence-electron chi connectivity index (χ1n) is 5.55. The Labute approximate surface area is 110 Å². The van der Waals surface area contributed by atoms with Gasteiger partial charge in [0.25, 0.3) is 5.56 Å². The predicted octanol–water partition coefficient (Wildman–Crippen LogP) is 0.402. The van der Waals surface area contributed by atoms with Crippen LogP contribution >= 0.6 is 11.8 Å². The monoisotopic (exact) mass is 271 g/mol. The maximum Gasteiger partial charge on any atom is 0.323 e. The fourth-order valence-electron chi connectivity index (χ4n) is 1.32. The average molecular weight is 271 g/mol. The van der Waals surface area contributed by atoms with Crippen LogP contribution in [0.1, 0.15) is 13.8 Å². The molecule has 0 aliphatic heterocycles. The third kappa shape index (κ3) is 4.89. The van der Waals surface area contributed by atoms with Crippen molar-refractivity contribution in [1.29, 1.82) is 0 Å². The fourth-order valence-corrected chi connectivity index (χ4v) is 2.18. The zero-order valence-electron chi connectivity index (χ0n) is 10.6. The molecule has 1 heterocycles. The molecule has 0 fully saturated rings. The molecule has 0 spiro atoms. The highest BCUT2D eigenvalue weighted by molar-refractivity contribution is 7.99. The zero-order chi connectivity index (χ0) is 13.5. The van der Waals surface area contributed by atoms with E-state index in [1.165, 1.54) is 31.1 Å². The van der Waals surface area contributed by atoms with Gasteiger partial charge in [0.05, 0.1) is 7.11 Å². The molecule has 1 rings (SSSR count). The summed E-state index contributed by atoms with van der Waals surface area (Å²) in [5.74, 6) is 0.118. The number of hydrogen-bond acceptors (Lipinski definition) is 6. The molecule has 1 aromatic rings. The number of nitrogens with one attached hydrogen (secondary N) is 2. The van der Waals surface area contributed by atoms with E-state index < -0.39 is 6.04 Å². The van der Waals surface area contributed by atoms with Gasteiger partial charge in [0.2, 0.25) is 0 Å². The SMILES string of the molecule is COC(=O)C(CSc1nccc(=O)[nH]1)NC(C)C. The number of hydrogen-bond donors (Lipinski definition) is 2. The van der Waals surface area contributed by atoms with Crippen molar-refractivity contribution in [1.82, 2.24) is 15.3 Å². The lowest BCUT2D eigenvalue weighted by molar-refractivity contribution is -0.142. The topological polar surface area (TPSA) is 84.1 Å². The molecular weight excluding hydrogens is 254 g/mol. The third-order valence-corrected chi connectivity index (χ3v) is 3.04. The Morgan fingerprint density at radius 1 is 1.61 bits per heavy atom. The van der Waals surface area contributed by atoms with Crippen molar-refractivity contribution in [2.45, 2.75) is 31.1 Å². The van der Waals surface area contributed by atoms with E-state index in [-0.39, 0.29) is 17.6 Å². The van der Waals surface area contributed by atoms with Crippen molar-refractivity contribution in [2.75, 3.05) is 12.9 Å². The molecule has 0 radical (unpaired) electrons. The number of H-pyrrole nitrogens is 1. The molecule has 7 heteroatoms. The minimum absolute atomic E-state index is 0.164. The first-order valence-corrected chi connectivity index (χ1v) is 6.53. The lowest BCUT2D eigenvalue weighted by Gasteiger charge is -2.18. The Kier molecular flexibility index (Phi) is 5.87. The lowest BCUT2D eigenvalue weighted by Crippen LogP contribution is -2.43.